The number of hydrogen-bond acceptors (Lipinski definition) is 4. The van der Waals surface area contributed by atoms with Crippen molar-refractivity contribution in [2.75, 3.05) is 26.2 Å². The van der Waals surface area contributed by atoms with E-state index in [1.54, 1.807) is 6.07 Å². The Kier molecular flexibility index (Phi) is 4.45. The molecule has 2 bridgehead atoms. The summed E-state index contributed by atoms with van der Waals surface area (Å²) in [5, 5.41) is 5.48. The molecule has 0 radical (unpaired) electrons. The molecule has 0 unspecified atom stereocenters. The first-order valence-corrected chi connectivity index (χ1v) is 9.91. The molecule has 3 fully saturated rings. The molecule has 6 heteroatoms. The minimum Gasteiger partial charge on any atom is -0.370 e. The van der Waals surface area contributed by atoms with Gasteiger partial charge in [-0.3, -0.25) is 9.69 Å². The highest BCUT2D eigenvalue weighted by atomic mass is 35.5. The average molecular weight is 367 g/mol. The van der Waals surface area contributed by atoms with Gasteiger partial charge in [-0.2, -0.15) is 0 Å². The number of carbonyl (C=O) groups excluding carboxylic acids is 1. The molecule has 4 nitrogen and oxygen atoms in total. The minimum atomic E-state index is -0.0596. The molecule has 3 aliphatic rings. The lowest BCUT2D eigenvalue weighted by molar-refractivity contribution is 0.00365. The molecule has 24 heavy (non-hydrogen) atoms. The van der Waals surface area contributed by atoms with E-state index < -0.39 is 0 Å². The summed E-state index contributed by atoms with van der Waals surface area (Å²) < 4.78 is 6.41. The summed E-state index contributed by atoms with van der Waals surface area (Å²) in [6.07, 6.45) is 6.90. The Balaban J connectivity index is 1.41. The fraction of sp³-hybridized carbons (Fsp3) is 0.611. The van der Waals surface area contributed by atoms with Gasteiger partial charge in [-0.05, 0) is 31.2 Å². The van der Waals surface area contributed by atoms with Crippen molar-refractivity contribution in [2.45, 2.75) is 31.5 Å². The van der Waals surface area contributed by atoms with Crippen molar-refractivity contribution in [3.8, 4) is 0 Å². The van der Waals surface area contributed by atoms with Crippen molar-refractivity contribution in [1.29, 1.82) is 0 Å². The molecule has 1 amide bonds. The first-order valence-electron chi connectivity index (χ1n) is 8.65. The van der Waals surface area contributed by atoms with Crippen molar-refractivity contribution in [3.05, 3.63) is 33.5 Å². The fourth-order valence-electron chi connectivity index (χ4n) is 4.70. The maximum absolute atomic E-state index is 12.3. The molecule has 3 saturated heterocycles. The number of fused-ring (bicyclic) bond motifs is 1. The van der Waals surface area contributed by atoms with E-state index in [4.69, 9.17) is 16.3 Å². The van der Waals surface area contributed by atoms with Crippen LogP contribution in [-0.2, 0) is 4.74 Å². The van der Waals surface area contributed by atoms with Gasteiger partial charge in [-0.1, -0.05) is 23.8 Å². The first-order chi connectivity index (χ1) is 11.6. The van der Waals surface area contributed by atoms with Crippen molar-refractivity contribution in [3.63, 3.8) is 0 Å². The van der Waals surface area contributed by atoms with Gasteiger partial charge in [-0.25, -0.2) is 0 Å². The number of halogens is 1. The lowest BCUT2D eigenvalue weighted by Crippen LogP contribution is -2.41. The summed E-state index contributed by atoms with van der Waals surface area (Å²) in [4.78, 5) is 15.4. The Bertz CT molecular complexity index is 661. The number of thiophene rings is 1. The number of likely N-dealkylation sites (tertiary alicyclic amines) is 1. The van der Waals surface area contributed by atoms with Gasteiger partial charge in [0.25, 0.3) is 5.91 Å². The highest BCUT2D eigenvalue weighted by Gasteiger charge is 2.62. The summed E-state index contributed by atoms with van der Waals surface area (Å²) in [7, 11) is 0. The van der Waals surface area contributed by atoms with Crippen LogP contribution in [0.1, 0.15) is 29.4 Å². The Morgan fingerprint density at radius 2 is 2.50 bits per heavy atom. The Hall–Kier alpha value is -0.880. The summed E-state index contributed by atoms with van der Waals surface area (Å²) in [6.45, 7) is 5.83. The van der Waals surface area contributed by atoms with Crippen LogP contribution in [0.15, 0.2) is 23.6 Å². The molecule has 1 aromatic rings. The minimum absolute atomic E-state index is 0.0300. The van der Waals surface area contributed by atoms with E-state index in [0.29, 0.717) is 34.4 Å². The number of allylic oxidation sites excluding steroid dienone is 1. The second kappa shape index (κ2) is 6.45. The number of nitrogens with one attached hydrogen (secondary N) is 1. The SMILES string of the molecule is C/C=C/CN1C[C@@H]2[C@H](CNC(=O)c3sccc3Cl)[C@H]3CC[C@]2(C1)O3. The van der Waals surface area contributed by atoms with Crippen LogP contribution in [0.25, 0.3) is 0 Å². The van der Waals surface area contributed by atoms with Crippen molar-refractivity contribution < 1.29 is 9.53 Å². The Morgan fingerprint density at radius 3 is 3.25 bits per heavy atom. The second-order valence-corrected chi connectivity index (χ2v) is 8.42. The van der Waals surface area contributed by atoms with E-state index in [2.05, 4.69) is 29.3 Å². The predicted molar refractivity (Wildman–Crippen MR) is 96.7 cm³/mol. The van der Waals surface area contributed by atoms with Gasteiger partial charge in [0.05, 0.1) is 16.7 Å². The molecule has 130 valence electrons. The van der Waals surface area contributed by atoms with Gasteiger partial charge in [0.1, 0.15) is 4.88 Å². The number of carbonyl (C=O) groups is 1. The van der Waals surface area contributed by atoms with E-state index in [-0.39, 0.29) is 11.5 Å². The van der Waals surface area contributed by atoms with Gasteiger partial charge in [0.2, 0.25) is 0 Å². The standard InChI is InChI=1S/C18H23ClN2O2S/c1-2-3-7-21-10-13-12(15-4-6-18(13,11-21)23-15)9-20-17(22)16-14(19)5-8-24-16/h2-3,5,8,12-13,15H,4,6-7,9-11H2,1H3,(H,20,22)/b3-2+/t12-,13+,15+,18+/m0/s1. The maximum atomic E-state index is 12.3. The number of hydrogen-bond donors (Lipinski definition) is 1. The molecule has 0 aromatic carbocycles. The third-order valence-electron chi connectivity index (χ3n) is 5.78. The van der Waals surface area contributed by atoms with Crippen LogP contribution in [0.3, 0.4) is 0 Å². The smallest absolute Gasteiger partial charge is 0.262 e. The van der Waals surface area contributed by atoms with E-state index in [0.717, 1.165) is 32.5 Å². The van der Waals surface area contributed by atoms with Crippen LogP contribution < -0.4 is 5.32 Å². The summed E-state index contributed by atoms with van der Waals surface area (Å²) in [6, 6.07) is 1.77. The monoisotopic (exact) mass is 366 g/mol. The Morgan fingerprint density at radius 1 is 1.62 bits per heavy atom. The van der Waals surface area contributed by atoms with Gasteiger partial charge < -0.3 is 10.1 Å². The van der Waals surface area contributed by atoms with Crippen LogP contribution in [0, 0.1) is 11.8 Å². The summed E-state index contributed by atoms with van der Waals surface area (Å²) in [5.74, 6) is 0.883. The number of rotatable bonds is 5. The molecule has 1 aromatic heterocycles. The first kappa shape index (κ1) is 16.6. The van der Waals surface area contributed by atoms with E-state index in [9.17, 15) is 4.79 Å². The van der Waals surface area contributed by atoms with Crippen LogP contribution in [0.4, 0.5) is 0 Å². The van der Waals surface area contributed by atoms with Crippen LogP contribution >= 0.6 is 22.9 Å². The summed E-state index contributed by atoms with van der Waals surface area (Å²) >= 11 is 7.45. The van der Waals surface area contributed by atoms with E-state index in [1.807, 2.05) is 5.38 Å². The third-order valence-corrected chi connectivity index (χ3v) is 7.12. The van der Waals surface area contributed by atoms with Gasteiger partial charge in [0.15, 0.2) is 0 Å². The largest absolute Gasteiger partial charge is 0.370 e. The molecule has 3 aliphatic heterocycles. The zero-order valence-electron chi connectivity index (χ0n) is 13.8. The third kappa shape index (κ3) is 2.71. The second-order valence-electron chi connectivity index (χ2n) is 7.10. The van der Waals surface area contributed by atoms with Crippen molar-refractivity contribution >= 4 is 28.8 Å². The molecular formula is C18H23ClN2O2S. The normalized spacial score (nSPS) is 35.0. The lowest BCUT2D eigenvalue weighted by Gasteiger charge is -2.29. The van der Waals surface area contributed by atoms with E-state index >= 15 is 0 Å². The van der Waals surface area contributed by atoms with E-state index in [1.165, 1.54) is 11.3 Å². The zero-order valence-corrected chi connectivity index (χ0v) is 15.4. The Labute approximate surface area is 151 Å². The topological polar surface area (TPSA) is 41.6 Å². The molecular weight excluding hydrogens is 344 g/mol. The molecule has 0 aliphatic carbocycles. The lowest BCUT2D eigenvalue weighted by atomic mass is 9.73. The van der Waals surface area contributed by atoms with Crippen molar-refractivity contribution in [1.82, 2.24) is 10.2 Å². The maximum Gasteiger partial charge on any atom is 0.262 e. The number of ether oxygens (including phenoxy) is 1. The zero-order chi connectivity index (χ0) is 16.7. The summed E-state index contributed by atoms with van der Waals surface area (Å²) in [5.41, 5.74) is 0.0300. The van der Waals surface area contributed by atoms with Crippen LogP contribution in [0.5, 0.6) is 0 Å². The van der Waals surface area contributed by atoms with Crippen LogP contribution in [-0.4, -0.2) is 48.7 Å². The van der Waals surface area contributed by atoms with Gasteiger partial charge in [0, 0.05) is 38.0 Å². The number of amides is 1. The number of nitrogens with zero attached hydrogens (tertiary/aromatic N) is 1. The van der Waals surface area contributed by atoms with Crippen molar-refractivity contribution in [2.24, 2.45) is 11.8 Å². The molecule has 0 saturated carbocycles. The highest BCUT2D eigenvalue weighted by Crippen LogP contribution is 2.54. The fourth-order valence-corrected chi connectivity index (χ4v) is 5.76. The molecule has 1 N–H and O–H groups in total. The molecule has 4 atom stereocenters. The molecule has 4 rings (SSSR count). The quantitative estimate of drug-likeness (QED) is 0.814. The highest BCUT2D eigenvalue weighted by molar-refractivity contribution is 7.12. The molecule has 1 spiro atoms. The predicted octanol–water partition coefficient (Wildman–Crippen LogP) is 3.19. The average Bonchev–Trinajstić information content (AvgIpc) is 3.30. The van der Waals surface area contributed by atoms with Gasteiger partial charge in [-0.15, -0.1) is 11.3 Å². The van der Waals surface area contributed by atoms with Crippen LogP contribution in [0.2, 0.25) is 5.02 Å². The molecule has 4 heterocycles. The van der Waals surface area contributed by atoms with Gasteiger partial charge >= 0.3 is 0 Å².